The van der Waals surface area contributed by atoms with Crippen LogP contribution in [0.25, 0.3) is 0 Å². The lowest BCUT2D eigenvalue weighted by atomic mass is 9.77. The van der Waals surface area contributed by atoms with Gasteiger partial charge in [-0.3, -0.25) is 0 Å². The van der Waals surface area contributed by atoms with Crippen LogP contribution >= 0.6 is 11.6 Å². The Morgan fingerprint density at radius 3 is 2.78 bits per heavy atom. The van der Waals surface area contributed by atoms with Crippen molar-refractivity contribution in [3.05, 3.63) is 29.3 Å². The first-order valence-corrected chi connectivity index (χ1v) is 7.32. The molecule has 0 amide bonds. The molecule has 1 aromatic rings. The summed E-state index contributed by atoms with van der Waals surface area (Å²) in [7, 11) is 0. The van der Waals surface area contributed by atoms with Crippen LogP contribution < -0.4 is 10.1 Å². The van der Waals surface area contributed by atoms with E-state index in [4.69, 9.17) is 16.3 Å². The maximum Gasteiger partial charge on any atom is 0.121 e. The summed E-state index contributed by atoms with van der Waals surface area (Å²) in [5.74, 6) is 0.911. The van der Waals surface area contributed by atoms with Gasteiger partial charge in [-0.1, -0.05) is 17.7 Å². The van der Waals surface area contributed by atoms with Gasteiger partial charge in [0.25, 0.3) is 0 Å². The molecule has 2 nitrogen and oxygen atoms in total. The van der Waals surface area contributed by atoms with Crippen LogP contribution in [0, 0.1) is 0 Å². The summed E-state index contributed by atoms with van der Waals surface area (Å²) in [4.78, 5) is 0. The van der Waals surface area contributed by atoms with Crippen LogP contribution in [-0.2, 0) is 0 Å². The Morgan fingerprint density at radius 1 is 1.33 bits per heavy atom. The van der Waals surface area contributed by atoms with Crippen molar-refractivity contribution < 1.29 is 4.74 Å². The molecule has 1 aromatic carbocycles. The SMILES string of the molecule is Clc1cccc(OC2(CCNC3CC3)CCC2)c1. The third-order valence-electron chi connectivity index (χ3n) is 3.99. The van der Waals surface area contributed by atoms with Gasteiger partial charge in [0, 0.05) is 11.1 Å². The van der Waals surface area contributed by atoms with E-state index in [1.54, 1.807) is 0 Å². The van der Waals surface area contributed by atoms with E-state index in [1.807, 2.05) is 24.3 Å². The lowest BCUT2D eigenvalue weighted by molar-refractivity contribution is -0.0142. The Kier molecular flexibility index (Phi) is 3.49. The Morgan fingerprint density at radius 2 is 2.17 bits per heavy atom. The quantitative estimate of drug-likeness (QED) is 0.845. The van der Waals surface area contributed by atoms with Crippen molar-refractivity contribution in [2.24, 2.45) is 0 Å². The van der Waals surface area contributed by atoms with Crippen molar-refractivity contribution in [2.45, 2.75) is 50.2 Å². The first-order chi connectivity index (χ1) is 8.76. The topological polar surface area (TPSA) is 21.3 Å². The number of halogens is 1. The molecule has 0 saturated heterocycles. The van der Waals surface area contributed by atoms with Gasteiger partial charge in [-0.25, -0.2) is 0 Å². The normalized spacial score (nSPS) is 21.4. The first kappa shape index (κ1) is 12.3. The van der Waals surface area contributed by atoms with E-state index in [2.05, 4.69) is 5.32 Å². The monoisotopic (exact) mass is 265 g/mol. The second kappa shape index (κ2) is 5.10. The molecule has 2 aliphatic rings. The van der Waals surface area contributed by atoms with E-state index in [9.17, 15) is 0 Å². The minimum atomic E-state index is 0.0621. The minimum absolute atomic E-state index is 0.0621. The molecular formula is C15H20ClNO. The van der Waals surface area contributed by atoms with Gasteiger partial charge >= 0.3 is 0 Å². The molecule has 3 heteroatoms. The maximum atomic E-state index is 6.20. The second-order valence-electron chi connectivity index (χ2n) is 5.57. The number of benzene rings is 1. The van der Waals surface area contributed by atoms with Gasteiger partial charge in [0.1, 0.15) is 11.4 Å². The van der Waals surface area contributed by atoms with E-state index in [-0.39, 0.29) is 5.60 Å². The van der Waals surface area contributed by atoms with Crippen LogP contribution in [0.4, 0.5) is 0 Å². The molecule has 0 heterocycles. The third-order valence-corrected chi connectivity index (χ3v) is 4.22. The Bertz CT molecular complexity index is 413. The zero-order chi connectivity index (χ0) is 12.4. The Hall–Kier alpha value is -0.730. The predicted molar refractivity (Wildman–Crippen MR) is 74.3 cm³/mol. The molecule has 0 atom stereocenters. The molecule has 2 fully saturated rings. The highest BCUT2D eigenvalue weighted by molar-refractivity contribution is 6.30. The summed E-state index contributed by atoms with van der Waals surface area (Å²) in [5.41, 5.74) is 0.0621. The molecule has 0 bridgehead atoms. The molecular weight excluding hydrogens is 246 g/mol. The first-order valence-electron chi connectivity index (χ1n) is 6.94. The van der Waals surface area contributed by atoms with Crippen molar-refractivity contribution in [3.63, 3.8) is 0 Å². The number of hydrogen-bond acceptors (Lipinski definition) is 2. The summed E-state index contributed by atoms with van der Waals surface area (Å²) in [6.07, 6.45) is 7.43. The summed E-state index contributed by atoms with van der Waals surface area (Å²) in [6.45, 7) is 1.07. The van der Waals surface area contributed by atoms with E-state index >= 15 is 0 Å². The lowest BCUT2D eigenvalue weighted by Crippen LogP contribution is -2.45. The van der Waals surface area contributed by atoms with Crippen molar-refractivity contribution in [1.82, 2.24) is 5.32 Å². The van der Waals surface area contributed by atoms with E-state index in [0.717, 1.165) is 29.8 Å². The second-order valence-corrected chi connectivity index (χ2v) is 6.01. The largest absolute Gasteiger partial charge is 0.487 e. The van der Waals surface area contributed by atoms with Gasteiger partial charge in [0.2, 0.25) is 0 Å². The zero-order valence-electron chi connectivity index (χ0n) is 10.6. The average molecular weight is 266 g/mol. The highest BCUT2D eigenvalue weighted by Gasteiger charge is 2.39. The molecule has 0 aromatic heterocycles. The predicted octanol–water partition coefficient (Wildman–Crippen LogP) is 3.78. The number of rotatable bonds is 6. The molecule has 2 aliphatic carbocycles. The highest BCUT2D eigenvalue weighted by atomic mass is 35.5. The van der Waals surface area contributed by atoms with Gasteiger partial charge < -0.3 is 10.1 Å². The molecule has 98 valence electrons. The smallest absolute Gasteiger partial charge is 0.121 e. The summed E-state index contributed by atoms with van der Waals surface area (Å²) in [5, 5.41) is 4.32. The van der Waals surface area contributed by atoms with Crippen LogP contribution in [0.15, 0.2) is 24.3 Å². The molecule has 0 aliphatic heterocycles. The summed E-state index contributed by atoms with van der Waals surface area (Å²) in [6, 6.07) is 8.53. The van der Waals surface area contributed by atoms with Crippen LogP contribution in [0.5, 0.6) is 5.75 Å². The molecule has 2 saturated carbocycles. The molecule has 18 heavy (non-hydrogen) atoms. The Balaban J connectivity index is 1.56. The van der Waals surface area contributed by atoms with Gasteiger partial charge in [-0.15, -0.1) is 0 Å². The highest BCUT2D eigenvalue weighted by Crippen LogP contribution is 2.39. The van der Waals surface area contributed by atoms with E-state index in [0.29, 0.717) is 0 Å². The maximum absolute atomic E-state index is 6.20. The fraction of sp³-hybridized carbons (Fsp3) is 0.600. The standard InChI is InChI=1S/C15H20ClNO/c16-12-3-1-4-14(11-12)18-15(7-2-8-15)9-10-17-13-5-6-13/h1,3-4,11,13,17H,2,5-10H2. The molecule has 3 rings (SSSR count). The van der Waals surface area contributed by atoms with Crippen LogP contribution in [0.3, 0.4) is 0 Å². The minimum Gasteiger partial charge on any atom is -0.487 e. The fourth-order valence-electron chi connectivity index (χ4n) is 2.55. The number of hydrogen-bond donors (Lipinski definition) is 1. The van der Waals surface area contributed by atoms with E-state index < -0.39 is 0 Å². The van der Waals surface area contributed by atoms with Crippen LogP contribution in [0.1, 0.15) is 38.5 Å². The lowest BCUT2D eigenvalue weighted by Gasteiger charge is -2.42. The summed E-state index contributed by atoms with van der Waals surface area (Å²) >= 11 is 6.00. The van der Waals surface area contributed by atoms with Crippen molar-refractivity contribution in [1.29, 1.82) is 0 Å². The average Bonchev–Trinajstić information content (AvgIpc) is 3.09. The third kappa shape index (κ3) is 2.99. The fourth-order valence-corrected chi connectivity index (χ4v) is 2.73. The zero-order valence-corrected chi connectivity index (χ0v) is 11.4. The molecule has 0 spiro atoms. The van der Waals surface area contributed by atoms with Gasteiger partial charge in [-0.05, 0) is 63.3 Å². The van der Waals surface area contributed by atoms with Gasteiger partial charge in [-0.2, -0.15) is 0 Å². The Labute approximate surface area is 114 Å². The number of nitrogens with one attached hydrogen (secondary N) is 1. The van der Waals surface area contributed by atoms with Gasteiger partial charge in [0.05, 0.1) is 0 Å². The van der Waals surface area contributed by atoms with Crippen LogP contribution in [-0.4, -0.2) is 18.2 Å². The van der Waals surface area contributed by atoms with Crippen molar-refractivity contribution in [2.75, 3.05) is 6.54 Å². The summed E-state index contributed by atoms with van der Waals surface area (Å²) < 4.78 is 6.20. The molecule has 1 N–H and O–H groups in total. The molecule has 0 radical (unpaired) electrons. The molecule has 0 unspecified atom stereocenters. The number of ether oxygens (including phenoxy) is 1. The van der Waals surface area contributed by atoms with Gasteiger partial charge in [0.15, 0.2) is 0 Å². The van der Waals surface area contributed by atoms with Crippen molar-refractivity contribution >= 4 is 11.6 Å². The van der Waals surface area contributed by atoms with Crippen LogP contribution in [0.2, 0.25) is 5.02 Å². The van der Waals surface area contributed by atoms with E-state index in [1.165, 1.54) is 32.1 Å². The van der Waals surface area contributed by atoms with Crippen molar-refractivity contribution in [3.8, 4) is 5.75 Å².